The summed E-state index contributed by atoms with van der Waals surface area (Å²) in [6, 6.07) is -4.41. The van der Waals surface area contributed by atoms with E-state index in [4.69, 9.17) is 20.7 Å². The number of carbonyl (C=O) groups excluding carboxylic acids is 2. The summed E-state index contributed by atoms with van der Waals surface area (Å²) < 4.78 is 33.9. The van der Waals surface area contributed by atoms with Crippen molar-refractivity contribution < 1.29 is 53.4 Å². The van der Waals surface area contributed by atoms with Crippen LogP contribution >= 0.6 is 12.4 Å². The lowest BCUT2D eigenvalue weighted by Crippen LogP contribution is -2.64. The van der Waals surface area contributed by atoms with E-state index in [1.165, 1.54) is 13.8 Å². The van der Waals surface area contributed by atoms with Crippen LogP contribution in [0, 0.1) is 0 Å². The number of aliphatic hydroxyl groups excluding tert-OH is 4. The van der Waals surface area contributed by atoms with Crippen LogP contribution in [0.3, 0.4) is 0 Å². The Bertz CT molecular complexity index is 643. The SMILES string of the molecule is C[C@H](NC(=O)[C@H](C)NC(=O)[C@H](N)CC(F)(F)[C@@H]1O[C@H](CO)[C@H](O)[C@H](O)[C@H]1O)C(=O)O.Cl. The number of nitrogens with two attached hydrogens (primary N) is 1. The first-order valence-corrected chi connectivity index (χ1v) is 9.00. The van der Waals surface area contributed by atoms with Gasteiger partial charge in [0.1, 0.15) is 42.6 Å². The predicted octanol–water partition coefficient (Wildman–Crippen LogP) is -3.30. The second kappa shape index (κ2) is 11.8. The second-order valence-corrected chi connectivity index (χ2v) is 7.12. The zero-order chi connectivity index (χ0) is 23.4. The van der Waals surface area contributed by atoms with E-state index in [-0.39, 0.29) is 12.4 Å². The van der Waals surface area contributed by atoms with Crippen LogP contribution in [-0.2, 0) is 19.1 Å². The van der Waals surface area contributed by atoms with Crippen molar-refractivity contribution in [1.29, 1.82) is 0 Å². The highest BCUT2D eigenvalue weighted by Gasteiger charge is 2.55. The quantitative estimate of drug-likeness (QED) is 0.165. The first-order chi connectivity index (χ1) is 13.7. The molecule has 0 saturated carbocycles. The molecule has 1 aliphatic heterocycles. The van der Waals surface area contributed by atoms with Crippen LogP contribution in [-0.4, -0.2) is 104 Å². The first-order valence-electron chi connectivity index (χ1n) is 9.00. The molecule has 1 saturated heterocycles. The molecule has 1 aliphatic rings. The fourth-order valence-corrected chi connectivity index (χ4v) is 2.74. The van der Waals surface area contributed by atoms with E-state index in [1.54, 1.807) is 0 Å². The minimum atomic E-state index is -3.96. The van der Waals surface area contributed by atoms with Gasteiger partial charge in [-0.2, -0.15) is 0 Å². The predicted molar refractivity (Wildman–Crippen MR) is 101 cm³/mol. The monoisotopic (exact) mass is 479 g/mol. The molecule has 0 bridgehead atoms. The van der Waals surface area contributed by atoms with Gasteiger partial charge in [0.05, 0.1) is 12.6 Å². The Kier molecular flexibility index (Phi) is 11.2. The topological polar surface area (TPSA) is 212 Å². The Hall–Kier alpha value is -1.68. The van der Waals surface area contributed by atoms with Gasteiger partial charge in [-0.15, -0.1) is 12.4 Å². The van der Waals surface area contributed by atoms with Crippen LogP contribution in [0.15, 0.2) is 0 Å². The summed E-state index contributed by atoms with van der Waals surface area (Å²) >= 11 is 0. The van der Waals surface area contributed by atoms with E-state index >= 15 is 0 Å². The van der Waals surface area contributed by atoms with Crippen LogP contribution in [0.25, 0.3) is 0 Å². The summed E-state index contributed by atoms with van der Waals surface area (Å²) in [6.07, 6.45) is -11.4. The van der Waals surface area contributed by atoms with Gasteiger partial charge in [0.15, 0.2) is 0 Å². The summed E-state index contributed by atoms with van der Waals surface area (Å²) in [5, 5.41) is 51.1. The van der Waals surface area contributed by atoms with Crippen LogP contribution in [0.4, 0.5) is 8.78 Å². The number of aliphatic hydroxyl groups is 4. The molecule has 0 aliphatic carbocycles. The standard InChI is InChI=1S/C16H27F2N3O9.ClH/c1-5(13(26)21-6(2)15(28)29)20-14(27)7(19)3-16(17,18)12-11(25)10(24)9(23)8(4-22)30-12;/h5-12,22-25H,3-4,19H2,1-2H3,(H,20,27)(H,21,26)(H,28,29);1H/t5-,6-,7+,8+,9-,10-,11+,12+;/m0./s1. The normalized spacial score (nSPS) is 29.1. The number of rotatable bonds is 9. The van der Waals surface area contributed by atoms with Gasteiger partial charge < -0.3 is 46.6 Å². The van der Waals surface area contributed by atoms with E-state index in [0.717, 1.165) is 0 Å². The maximum Gasteiger partial charge on any atom is 0.325 e. The van der Waals surface area contributed by atoms with Crippen molar-refractivity contribution in [2.45, 2.75) is 74.8 Å². The smallest absolute Gasteiger partial charge is 0.325 e. The molecule has 9 N–H and O–H groups in total. The molecule has 8 atom stereocenters. The average molecular weight is 480 g/mol. The van der Waals surface area contributed by atoms with Gasteiger partial charge in [0, 0.05) is 6.42 Å². The minimum absolute atomic E-state index is 0. The van der Waals surface area contributed by atoms with Gasteiger partial charge in [-0.1, -0.05) is 0 Å². The number of alkyl halides is 2. The second-order valence-electron chi connectivity index (χ2n) is 7.12. The summed E-state index contributed by atoms with van der Waals surface area (Å²) in [5.74, 6) is -7.33. The third kappa shape index (κ3) is 7.45. The zero-order valence-corrected chi connectivity index (χ0v) is 17.5. The number of halogens is 3. The molecule has 0 aromatic heterocycles. The van der Waals surface area contributed by atoms with Crippen LogP contribution < -0.4 is 16.4 Å². The third-order valence-electron chi connectivity index (χ3n) is 4.62. The Morgan fingerprint density at radius 2 is 1.55 bits per heavy atom. The van der Waals surface area contributed by atoms with Crippen molar-refractivity contribution in [3.63, 3.8) is 0 Å². The van der Waals surface area contributed by atoms with Gasteiger partial charge in [0.2, 0.25) is 11.8 Å². The third-order valence-corrected chi connectivity index (χ3v) is 4.62. The van der Waals surface area contributed by atoms with E-state index in [1.807, 2.05) is 0 Å². The van der Waals surface area contributed by atoms with Gasteiger partial charge in [0.25, 0.3) is 5.92 Å². The molecule has 182 valence electrons. The summed E-state index contributed by atoms with van der Waals surface area (Å²) in [7, 11) is 0. The molecule has 31 heavy (non-hydrogen) atoms. The van der Waals surface area contributed by atoms with Gasteiger partial charge in [-0.25, -0.2) is 8.78 Å². The lowest BCUT2D eigenvalue weighted by atomic mass is 9.89. The summed E-state index contributed by atoms with van der Waals surface area (Å²) in [5.41, 5.74) is 5.47. The number of nitrogens with one attached hydrogen (secondary N) is 2. The van der Waals surface area contributed by atoms with Crippen molar-refractivity contribution >= 4 is 30.2 Å². The molecule has 2 amide bonds. The van der Waals surface area contributed by atoms with E-state index in [2.05, 4.69) is 10.6 Å². The lowest BCUT2D eigenvalue weighted by Gasteiger charge is -2.43. The Morgan fingerprint density at radius 3 is 2.03 bits per heavy atom. The van der Waals surface area contributed by atoms with Crippen LogP contribution in [0.5, 0.6) is 0 Å². The minimum Gasteiger partial charge on any atom is -0.480 e. The molecule has 12 nitrogen and oxygen atoms in total. The highest BCUT2D eigenvalue weighted by molar-refractivity contribution is 5.91. The van der Waals surface area contributed by atoms with Crippen molar-refractivity contribution in [2.75, 3.05) is 6.61 Å². The number of hydrogen-bond donors (Lipinski definition) is 8. The van der Waals surface area contributed by atoms with E-state index in [9.17, 15) is 38.5 Å². The molecule has 0 radical (unpaired) electrons. The van der Waals surface area contributed by atoms with Crippen LogP contribution in [0.2, 0.25) is 0 Å². The number of aliphatic carboxylic acids is 1. The fourth-order valence-electron chi connectivity index (χ4n) is 2.74. The Balaban J connectivity index is 0.00000900. The van der Waals surface area contributed by atoms with Gasteiger partial charge >= 0.3 is 5.97 Å². The summed E-state index contributed by atoms with van der Waals surface area (Å²) in [6.45, 7) is 1.46. The van der Waals surface area contributed by atoms with Crippen molar-refractivity contribution in [1.82, 2.24) is 10.6 Å². The molecule has 0 aromatic carbocycles. The van der Waals surface area contributed by atoms with Gasteiger partial charge in [-0.05, 0) is 13.8 Å². The Labute approximate surface area is 182 Å². The number of ether oxygens (including phenoxy) is 1. The van der Waals surface area contributed by atoms with E-state index in [0.29, 0.717) is 0 Å². The molecule has 0 unspecified atom stereocenters. The van der Waals surface area contributed by atoms with Crippen molar-refractivity contribution in [2.24, 2.45) is 5.73 Å². The number of carboxylic acid groups (broad SMARTS) is 1. The molecule has 0 aromatic rings. The lowest BCUT2D eigenvalue weighted by molar-refractivity contribution is -0.281. The number of carbonyl (C=O) groups is 3. The van der Waals surface area contributed by atoms with Crippen molar-refractivity contribution in [3.05, 3.63) is 0 Å². The number of carboxylic acids is 1. The van der Waals surface area contributed by atoms with Crippen molar-refractivity contribution in [3.8, 4) is 0 Å². The molecule has 15 heteroatoms. The maximum absolute atomic E-state index is 14.6. The largest absolute Gasteiger partial charge is 0.480 e. The molecular formula is C16H28ClF2N3O9. The van der Waals surface area contributed by atoms with E-state index < -0.39 is 85.4 Å². The average Bonchev–Trinajstić information content (AvgIpc) is 2.65. The molecule has 1 heterocycles. The first kappa shape index (κ1) is 29.3. The number of amides is 2. The number of hydrogen-bond acceptors (Lipinski definition) is 9. The molecular weight excluding hydrogens is 452 g/mol. The summed E-state index contributed by atoms with van der Waals surface area (Å²) in [4.78, 5) is 34.6. The maximum atomic E-state index is 14.6. The Morgan fingerprint density at radius 1 is 1.03 bits per heavy atom. The molecule has 1 rings (SSSR count). The highest BCUT2D eigenvalue weighted by atomic mass is 35.5. The molecule has 1 fully saturated rings. The van der Waals surface area contributed by atoms with Gasteiger partial charge in [-0.3, -0.25) is 14.4 Å². The zero-order valence-electron chi connectivity index (χ0n) is 16.6. The van der Waals surface area contributed by atoms with Crippen LogP contribution in [0.1, 0.15) is 20.3 Å². The highest BCUT2D eigenvalue weighted by Crippen LogP contribution is 2.35. The molecule has 0 spiro atoms. The fraction of sp³-hybridized carbons (Fsp3) is 0.812.